The molecule has 46 heavy (non-hydrogen) atoms. The number of halogens is 2. The van der Waals surface area contributed by atoms with E-state index in [4.69, 9.17) is 0 Å². The number of hydrogen-bond acceptors (Lipinski definition) is 0. The van der Waals surface area contributed by atoms with Crippen molar-refractivity contribution in [3.8, 4) is 0 Å². The van der Waals surface area contributed by atoms with Gasteiger partial charge in [0, 0.05) is 26.4 Å². The molecule has 2 aliphatic rings. The fourth-order valence-corrected chi connectivity index (χ4v) is 9.04. The van der Waals surface area contributed by atoms with Crippen molar-refractivity contribution < 1.29 is 8.78 Å². The van der Waals surface area contributed by atoms with E-state index in [-0.39, 0.29) is 17.6 Å². The highest BCUT2D eigenvalue weighted by atomic mass is 31.0. The largest absolute Gasteiger partial charge is 0.206 e. The van der Waals surface area contributed by atoms with E-state index in [1.165, 1.54) is 47.5 Å². The predicted molar refractivity (Wildman–Crippen MR) is 199 cm³/mol. The smallest absolute Gasteiger partial charge is 0.136 e. The first-order valence-electron chi connectivity index (χ1n) is 17.3. The summed E-state index contributed by atoms with van der Waals surface area (Å²) in [7, 11) is 1.65. The van der Waals surface area contributed by atoms with Gasteiger partial charge in [-0.2, -0.15) is 21.9 Å². The standard InChI is InChI=1S/C24H20B.C18H25F2P/c1-5-13-21(14-6-1)25(22-15-7-2-8-16-22,23-17-9-3-10-18-23)24-19-11-4-12-20-24;19-14-11-15(21)17(13-9-5-2-6-10-13)18(20)16(14)12-7-3-1-4-8-12/h1-20H;11-13H,1-10,21H2/q-1;/p+1. The lowest BCUT2D eigenvalue weighted by atomic mass is 9.13. The van der Waals surface area contributed by atoms with Gasteiger partial charge in [0.1, 0.15) is 17.8 Å². The lowest BCUT2D eigenvalue weighted by Crippen LogP contribution is -2.74. The van der Waals surface area contributed by atoms with E-state index in [1.54, 1.807) is 15.3 Å². The highest BCUT2D eigenvalue weighted by Gasteiger charge is 2.32. The second-order valence-corrected chi connectivity index (χ2v) is 14.1. The van der Waals surface area contributed by atoms with Crippen molar-refractivity contribution >= 4 is 42.5 Å². The fourth-order valence-electron chi connectivity index (χ4n) is 8.42. The Morgan fingerprint density at radius 1 is 0.457 bits per heavy atom. The van der Waals surface area contributed by atoms with Gasteiger partial charge in [-0.25, -0.2) is 8.78 Å². The molecule has 0 saturated heterocycles. The van der Waals surface area contributed by atoms with E-state index in [1.807, 2.05) is 0 Å². The molecule has 0 radical (unpaired) electrons. The van der Waals surface area contributed by atoms with Crippen LogP contribution in [0.5, 0.6) is 0 Å². The topological polar surface area (TPSA) is 0 Å². The Kier molecular flexibility index (Phi) is 10.8. The molecule has 0 bridgehead atoms. The normalized spacial score (nSPS) is 16.0. The molecule has 2 aliphatic carbocycles. The number of rotatable bonds is 6. The molecule has 0 N–H and O–H groups in total. The maximum atomic E-state index is 15.1. The van der Waals surface area contributed by atoms with Crippen LogP contribution < -0.4 is 27.2 Å². The third kappa shape index (κ3) is 6.77. The predicted octanol–water partition coefficient (Wildman–Crippen LogP) is 8.36. The molecule has 0 heterocycles. The van der Waals surface area contributed by atoms with Gasteiger partial charge in [-0.3, -0.25) is 0 Å². The lowest BCUT2D eigenvalue weighted by Gasteiger charge is -2.44. The van der Waals surface area contributed by atoms with Gasteiger partial charge in [0.2, 0.25) is 0 Å². The Morgan fingerprint density at radius 2 is 0.783 bits per heavy atom. The molecule has 7 rings (SSSR count). The Morgan fingerprint density at radius 3 is 1.13 bits per heavy atom. The monoisotopic (exact) mass is 630 g/mol. The summed E-state index contributed by atoms with van der Waals surface area (Å²) in [5.74, 6) is -0.0815. The molecular weight excluding hydrogens is 584 g/mol. The van der Waals surface area contributed by atoms with Crippen molar-refractivity contribution in [2.24, 2.45) is 0 Å². The van der Waals surface area contributed by atoms with Crippen LogP contribution >= 0.6 is 9.24 Å². The molecule has 1 atom stereocenters. The Hall–Kier alpha value is -3.55. The van der Waals surface area contributed by atoms with Crippen molar-refractivity contribution in [3.05, 3.63) is 150 Å². The molecule has 236 valence electrons. The SMILES string of the molecule is Fc1cc([PH3+])c(C2CCCCC2)c(F)c1C1CCCCC1.c1ccc([B-](c2ccccc2)(c2ccccc2)c2ccccc2)cc1. The minimum atomic E-state index is -1.22. The molecule has 4 heteroatoms. The molecule has 2 fully saturated rings. The second kappa shape index (κ2) is 15.4. The molecule has 5 aromatic rings. The summed E-state index contributed by atoms with van der Waals surface area (Å²) in [5, 5.41) is 0.844. The van der Waals surface area contributed by atoms with Crippen molar-refractivity contribution in [2.75, 3.05) is 0 Å². The van der Waals surface area contributed by atoms with Crippen molar-refractivity contribution in [3.63, 3.8) is 0 Å². The molecule has 5 aromatic carbocycles. The van der Waals surface area contributed by atoms with Gasteiger partial charge in [-0.1, -0.05) is 160 Å². The first-order chi connectivity index (χ1) is 22.6. The maximum Gasteiger partial charge on any atom is 0.136 e. The molecule has 1 unspecified atom stereocenters. The summed E-state index contributed by atoms with van der Waals surface area (Å²) in [6.45, 7) is 0. The van der Waals surface area contributed by atoms with Crippen LogP contribution in [0, 0.1) is 11.6 Å². The zero-order chi connectivity index (χ0) is 31.8. The summed E-state index contributed by atoms with van der Waals surface area (Å²) in [6, 6.07) is 45.1. The number of hydrogen-bond donors (Lipinski definition) is 0. The van der Waals surface area contributed by atoms with Gasteiger partial charge >= 0.3 is 0 Å². The van der Waals surface area contributed by atoms with Gasteiger partial charge in [-0.15, -0.1) is 0 Å². The summed E-state index contributed by atoms with van der Waals surface area (Å²) in [4.78, 5) is 0. The number of benzene rings is 5. The highest BCUT2D eigenvalue weighted by molar-refractivity contribution is 7.27. The lowest BCUT2D eigenvalue weighted by molar-refractivity contribution is 0.399. The van der Waals surface area contributed by atoms with E-state index in [0.29, 0.717) is 11.5 Å². The average molecular weight is 631 g/mol. The first kappa shape index (κ1) is 32.4. The summed E-state index contributed by atoms with van der Waals surface area (Å²) < 4.78 is 29.5. The zero-order valence-electron chi connectivity index (χ0n) is 26.9. The van der Waals surface area contributed by atoms with Crippen LogP contribution in [-0.4, -0.2) is 6.15 Å². The molecule has 0 aliphatic heterocycles. The van der Waals surface area contributed by atoms with Crippen LogP contribution in [0.4, 0.5) is 8.78 Å². The molecular formula is C42H46BF2P. The Labute approximate surface area is 276 Å². The Balaban J connectivity index is 0.000000164. The summed E-state index contributed by atoms with van der Waals surface area (Å²) >= 11 is 0. The van der Waals surface area contributed by atoms with E-state index in [2.05, 4.69) is 121 Å². The molecule has 0 spiro atoms. The van der Waals surface area contributed by atoms with E-state index < -0.39 is 6.15 Å². The van der Waals surface area contributed by atoms with Crippen LogP contribution in [0.2, 0.25) is 0 Å². The zero-order valence-corrected chi connectivity index (χ0v) is 28.3. The van der Waals surface area contributed by atoms with Gasteiger partial charge in [0.05, 0.1) is 5.30 Å². The molecule has 0 aromatic heterocycles. The van der Waals surface area contributed by atoms with E-state index in [0.717, 1.165) is 49.4 Å². The third-order valence-electron chi connectivity index (χ3n) is 10.6. The third-order valence-corrected chi connectivity index (χ3v) is 11.2. The fraction of sp³-hybridized carbons (Fsp3) is 0.286. The van der Waals surface area contributed by atoms with Crippen LogP contribution in [0.3, 0.4) is 0 Å². The Bertz CT molecular complexity index is 1460. The van der Waals surface area contributed by atoms with Crippen LogP contribution in [0.1, 0.15) is 87.2 Å². The highest BCUT2D eigenvalue weighted by Crippen LogP contribution is 2.40. The van der Waals surface area contributed by atoms with E-state index >= 15 is 4.39 Å². The average Bonchev–Trinajstić information content (AvgIpc) is 3.12. The first-order valence-corrected chi connectivity index (χ1v) is 18.0. The molecule has 0 amide bonds. The van der Waals surface area contributed by atoms with Crippen molar-refractivity contribution in [1.29, 1.82) is 0 Å². The molecule has 0 nitrogen and oxygen atoms in total. The van der Waals surface area contributed by atoms with E-state index in [9.17, 15) is 4.39 Å². The van der Waals surface area contributed by atoms with Gasteiger partial charge in [0.15, 0.2) is 0 Å². The van der Waals surface area contributed by atoms with Crippen LogP contribution in [0.25, 0.3) is 0 Å². The quantitative estimate of drug-likeness (QED) is 0.131. The maximum absolute atomic E-state index is 15.1. The van der Waals surface area contributed by atoms with Crippen molar-refractivity contribution in [1.82, 2.24) is 0 Å². The summed E-state index contributed by atoms with van der Waals surface area (Å²) in [5.41, 5.74) is 6.61. The van der Waals surface area contributed by atoms with Gasteiger partial charge in [-0.05, 0) is 37.5 Å². The van der Waals surface area contributed by atoms with Crippen LogP contribution in [-0.2, 0) is 0 Å². The van der Waals surface area contributed by atoms with Crippen molar-refractivity contribution in [2.45, 2.75) is 76.0 Å². The molecule has 2 saturated carbocycles. The van der Waals surface area contributed by atoms with Gasteiger partial charge < -0.3 is 0 Å². The minimum absolute atomic E-state index is 0.102. The summed E-state index contributed by atoms with van der Waals surface area (Å²) in [6.07, 6.45) is 9.87. The van der Waals surface area contributed by atoms with Crippen LogP contribution in [0.15, 0.2) is 127 Å². The minimum Gasteiger partial charge on any atom is -0.206 e. The van der Waals surface area contributed by atoms with Gasteiger partial charge in [0.25, 0.3) is 0 Å². The second-order valence-electron chi connectivity index (χ2n) is 13.3.